The van der Waals surface area contributed by atoms with Crippen LogP contribution >= 0.6 is 15.9 Å². The molecule has 1 rings (SSSR count). The van der Waals surface area contributed by atoms with Crippen LogP contribution in [0, 0.1) is 17.1 Å². The van der Waals surface area contributed by atoms with Gasteiger partial charge >= 0.3 is 6.18 Å². The summed E-state index contributed by atoms with van der Waals surface area (Å²) in [6.07, 6.45) is -7.36. The zero-order chi connectivity index (χ0) is 13.9. The Kier molecular flexibility index (Phi) is 4.53. The van der Waals surface area contributed by atoms with E-state index in [-0.39, 0.29) is 15.7 Å². The van der Waals surface area contributed by atoms with E-state index in [4.69, 9.17) is 10.4 Å². The van der Waals surface area contributed by atoms with Crippen molar-refractivity contribution < 1.29 is 22.7 Å². The van der Waals surface area contributed by atoms with Crippen molar-refractivity contribution in [2.75, 3.05) is 11.9 Å². The van der Waals surface area contributed by atoms with Gasteiger partial charge in [-0.3, -0.25) is 0 Å². The number of anilines is 1. The first kappa shape index (κ1) is 14.7. The Bertz CT molecular complexity index is 484. The summed E-state index contributed by atoms with van der Waals surface area (Å²) < 4.78 is 49.5. The summed E-state index contributed by atoms with van der Waals surface area (Å²) in [5, 5.41) is 19.5. The number of nitriles is 1. The highest BCUT2D eigenvalue weighted by molar-refractivity contribution is 9.10. The molecule has 0 heterocycles. The molecular weight excluding hydrogens is 320 g/mol. The van der Waals surface area contributed by atoms with Gasteiger partial charge < -0.3 is 10.4 Å². The first-order valence-corrected chi connectivity index (χ1v) is 5.43. The van der Waals surface area contributed by atoms with E-state index >= 15 is 0 Å². The second-order valence-corrected chi connectivity index (χ2v) is 4.13. The van der Waals surface area contributed by atoms with Crippen molar-refractivity contribution in [1.82, 2.24) is 0 Å². The van der Waals surface area contributed by atoms with Crippen LogP contribution < -0.4 is 5.32 Å². The van der Waals surface area contributed by atoms with Gasteiger partial charge in [0.05, 0.1) is 15.7 Å². The number of hydrogen-bond donors (Lipinski definition) is 2. The second-order valence-electron chi connectivity index (χ2n) is 3.34. The van der Waals surface area contributed by atoms with Crippen molar-refractivity contribution in [3.05, 3.63) is 28.0 Å². The van der Waals surface area contributed by atoms with Gasteiger partial charge in [0.1, 0.15) is 6.07 Å². The van der Waals surface area contributed by atoms with E-state index in [1.54, 1.807) is 6.07 Å². The largest absolute Gasteiger partial charge is 0.416 e. The molecule has 1 atom stereocenters. The second kappa shape index (κ2) is 5.54. The van der Waals surface area contributed by atoms with Gasteiger partial charge in [0.2, 0.25) is 0 Å². The fraction of sp³-hybridized carbons (Fsp3) is 0.300. The topological polar surface area (TPSA) is 56.0 Å². The van der Waals surface area contributed by atoms with Gasteiger partial charge in [-0.25, -0.2) is 4.39 Å². The normalized spacial score (nSPS) is 12.9. The Hall–Kier alpha value is -1.33. The molecule has 3 nitrogen and oxygen atoms in total. The van der Waals surface area contributed by atoms with Crippen LogP contribution in [0.25, 0.3) is 0 Å². The number of alkyl halides is 3. The van der Waals surface area contributed by atoms with Gasteiger partial charge in [0.25, 0.3) is 0 Å². The van der Waals surface area contributed by atoms with E-state index in [0.29, 0.717) is 0 Å². The van der Waals surface area contributed by atoms with Gasteiger partial charge in [-0.05, 0) is 28.1 Å². The molecule has 0 bridgehead atoms. The van der Waals surface area contributed by atoms with Crippen LogP contribution in [0.1, 0.15) is 5.56 Å². The third-order valence-corrected chi connectivity index (χ3v) is 2.84. The number of aliphatic hydroxyl groups is 1. The van der Waals surface area contributed by atoms with Crippen molar-refractivity contribution in [1.29, 1.82) is 5.26 Å². The summed E-state index contributed by atoms with van der Waals surface area (Å²) in [6, 6.07) is 4.08. The third-order valence-electron chi connectivity index (χ3n) is 2.07. The molecule has 0 saturated heterocycles. The molecule has 2 N–H and O–H groups in total. The molecule has 0 saturated carbocycles. The van der Waals surface area contributed by atoms with Crippen LogP contribution in [-0.2, 0) is 0 Å². The van der Waals surface area contributed by atoms with Gasteiger partial charge in [-0.1, -0.05) is 0 Å². The Morgan fingerprint density at radius 3 is 2.56 bits per heavy atom. The molecule has 1 aromatic carbocycles. The van der Waals surface area contributed by atoms with Crippen molar-refractivity contribution in [3.63, 3.8) is 0 Å². The summed E-state index contributed by atoms with van der Waals surface area (Å²) >= 11 is 2.82. The Labute approximate surface area is 108 Å². The maximum Gasteiger partial charge on any atom is 0.416 e. The number of aliphatic hydroxyl groups excluding tert-OH is 1. The number of nitrogens with zero attached hydrogens (tertiary/aromatic N) is 1. The molecule has 98 valence electrons. The van der Waals surface area contributed by atoms with E-state index in [1.807, 2.05) is 0 Å². The number of rotatable bonds is 3. The average molecular weight is 327 g/mol. The molecule has 0 spiro atoms. The van der Waals surface area contributed by atoms with Crippen LogP contribution in [-0.4, -0.2) is 23.9 Å². The molecule has 0 aliphatic heterocycles. The quantitative estimate of drug-likeness (QED) is 0.840. The Morgan fingerprint density at radius 1 is 1.44 bits per heavy atom. The van der Waals surface area contributed by atoms with Crippen molar-refractivity contribution in [2.24, 2.45) is 0 Å². The van der Waals surface area contributed by atoms with E-state index in [9.17, 15) is 17.6 Å². The van der Waals surface area contributed by atoms with Crippen LogP contribution in [0.4, 0.5) is 23.2 Å². The summed E-state index contributed by atoms with van der Waals surface area (Å²) in [5.74, 6) is -0.886. The van der Waals surface area contributed by atoms with E-state index < -0.39 is 24.6 Å². The lowest BCUT2D eigenvalue weighted by molar-refractivity contribution is -0.198. The molecule has 8 heteroatoms. The lowest BCUT2D eigenvalue weighted by Crippen LogP contribution is -2.35. The van der Waals surface area contributed by atoms with Crippen molar-refractivity contribution in [3.8, 4) is 6.07 Å². The van der Waals surface area contributed by atoms with Crippen LogP contribution in [0.2, 0.25) is 0 Å². The van der Waals surface area contributed by atoms with E-state index in [2.05, 4.69) is 21.2 Å². The molecule has 0 amide bonds. The predicted octanol–water partition coefficient (Wildman–Crippen LogP) is 2.79. The minimum absolute atomic E-state index is 0.0226. The molecule has 0 fully saturated rings. The molecule has 1 unspecified atom stereocenters. The smallest absolute Gasteiger partial charge is 0.382 e. The third kappa shape index (κ3) is 3.34. The fourth-order valence-electron chi connectivity index (χ4n) is 1.09. The molecule has 0 aliphatic rings. The van der Waals surface area contributed by atoms with Gasteiger partial charge in [-0.2, -0.15) is 18.4 Å². The molecule has 1 aromatic rings. The summed E-state index contributed by atoms with van der Waals surface area (Å²) in [6.45, 7) is -0.876. The predicted molar refractivity (Wildman–Crippen MR) is 59.4 cm³/mol. The SMILES string of the molecule is N#Cc1ccc(NCC(O)C(F)(F)F)c(F)c1Br. The Morgan fingerprint density at radius 2 is 2.06 bits per heavy atom. The summed E-state index contributed by atoms with van der Waals surface area (Å²) in [4.78, 5) is 0. The van der Waals surface area contributed by atoms with E-state index in [0.717, 1.165) is 6.07 Å². The van der Waals surface area contributed by atoms with Crippen molar-refractivity contribution >= 4 is 21.6 Å². The Balaban J connectivity index is 2.82. The number of hydrogen-bond acceptors (Lipinski definition) is 3. The van der Waals surface area contributed by atoms with Crippen LogP contribution in [0.15, 0.2) is 16.6 Å². The maximum absolute atomic E-state index is 13.6. The van der Waals surface area contributed by atoms with Gasteiger partial charge in [0.15, 0.2) is 11.9 Å². The summed E-state index contributed by atoms with van der Waals surface area (Å²) in [7, 11) is 0. The van der Waals surface area contributed by atoms with E-state index in [1.165, 1.54) is 6.07 Å². The molecule has 0 radical (unpaired) electrons. The first-order valence-electron chi connectivity index (χ1n) is 4.64. The molecule has 0 aromatic heterocycles. The molecule has 18 heavy (non-hydrogen) atoms. The molecular formula is C10H7BrF4N2O. The lowest BCUT2D eigenvalue weighted by atomic mass is 10.2. The first-order chi connectivity index (χ1) is 8.27. The minimum Gasteiger partial charge on any atom is -0.382 e. The monoisotopic (exact) mass is 326 g/mol. The number of benzene rings is 1. The van der Waals surface area contributed by atoms with Gasteiger partial charge in [-0.15, -0.1) is 0 Å². The minimum atomic E-state index is -4.77. The molecule has 0 aliphatic carbocycles. The zero-order valence-electron chi connectivity index (χ0n) is 8.72. The number of halogens is 5. The highest BCUT2D eigenvalue weighted by Gasteiger charge is 2.37. The standard InChI is InChI=1S/C10H7BrF4N2O/c11-8-5(3-16)1-2-6(9(8)12)17-4-7(18)10(13,14)15/h1-2,7,17-18H,4H2. The summed E-state index contributed by atoms with van der Waals surface area (Å²) in [5.41, 5.74) is -0.210. The lowest BCUT2D eigenvalue weighted by Gasteiger charge is -2.16. The van der Waals surface area contributed by atoms with Crippen molar-refractivity contribution in [2.45, 2.75) is 12.3 Å². The highest BCUT2D eigenvalue weighted by atomic mass is 79.9. The number of nitrogens with one attached hydrogen (secondary N) is 1. The fourth-order valence-corrected chi connectivity index (χ4v) is 1.53. The zero-order valence-corrected chi connectivity index (χ0v) is 10.3. The maximum atomic E-state index is 13.6. The highest BCUT2D eigenvalue weighted by Crippen LogP contribution is 2.27. The van der Waals surface area contributed by atoms with Gasteiger partial charge in [0, 0.05) is 6.54 Å². The van der Waals surface area contributed by atoms with Crippen LogP contribution in [0.3, 0.4) is 0 Å². The van der Waals surface area contributed by atoms with Crippen LogP contribution in [0.5, 0.6) is 0 Å². The average Bonchev–Trinajstić information content (AvgIpc) is 2.29.